The molecule has 0 radical (unpaired) electrons. The molecule has 14 heteroatoms. The van der Waals surface area contributed by atoms with Crippen LogP contribution in [0.5, 0.6) is 0 Å². The van der Waals surface area contributed by atoms with Crippen LogP contribution in [0.2, 0.25) is 0 Å². The molecule has 0 spiro atoms. The fourth-order valence-electron chi connectivity index (χ4n) is 2.92. The van der Waals surface area contributed by atoms with Crippen LogP contribution >= 0.6 is 0 Å². The summed E-state index contributed by atoms with van der Waals surface area (Å²) in [4.78, 5) is 60.6. The van der Waals surface area contributed by atoms with Gasteiger partial charge in [-0.15, -0.1) is 0 Å². The largest absolute Gasteiger partial charge is 0.626 e. The van der Waals surface area contributed by atoms with E-state index in [4.69, 9.17) is 15.9 Å². The van der Waals surface area contributed by atoms with Crippen molar-refractivity contribution in [2.75, 3.05) is 11.1 Å². The SMILES string of the molecule is Nc1nc2ncc(CNc3ccc(C(=O)[NH+]([O-])[C@@H](CCC(=O)O)C(=O)O)cc3)nc2c(=O)[nH]1. The Morgan fingerprint density at radius 1 is 1.18 bits per heavy atom. The highest BCUT2D eigenvalue weighted by Crippen LogP contribution is 2.11. The van der Waals surface area contributed by atoms with E-state index < -0.39 is 47.4 Å². The summed E-state index contributed by atoms with van der Waals surface area (Å²) in [7, 11) is 0. The number of aliphatic carboxylic acids is 2. The zero-order valence-electron chi connectivity index (χ0n) is 16.9. The maximum absolute atomic E-state index is 12.4. The van der Waals surface area contributed by atoms with Gasteiger partial charge >= 0.3 is 17.8 Å². The summed E-state index contributed by atoms with van der Waals surface area (Å²) in [6.45, 7) is 0.176. The Morgan fingerprint density at radius 3 is 2.52 bits per heavy atom. The lowest BCUT2D eigenvalue weighted by molar-refractivity contribution is -0.778. The zero-order chi connectivity index (χ0) is 24.1. The summed E-state index contributed by atoms with van der Waals surface area (Å²) >= 11 is 0. The van der Waals surface area contributed by atoms with Crippen LogP contribution in [-0.2, 0) is 16.1 Å². The number of nitrogens with two attached hydrogens (primary N) is 1. The number of fused-ring (bicyclic) bond motifs is 1. The molecule has 0 saturated heterocycles. The maximum Gasteiger partial charge on any atom is 0.363 e. The predicted octanol–water partition coefficient (Wildman–Crippen LogP) is -1.25. The number of amides is 1. The second-order valence-corrected chi connectivity index (χ2v) is 6.93. The molecule has 0 aliphatic heterocycles. The second kappa shape index (κ2) is 9.80. The van der Waals surface area contributed by atoms with E-state index in [9.17, 15) is 24.4 Å². The molecule has 33 heavy (non-hydrogen) atoms. The normalized spacial score (nSPS) is 12.8. The van der Waals surface area contributed by atoms with Gasteiger partial charge in [-0.2, -0.15) is 4.98 Å². The lowest BCUT2D eigenvalue weighted by Gasteiger charge is -2.25. The van der Waals surface area contributed by atoms with Gasteiger partial charge in [-0.3, -0.25) is 19.6 Å². The lowest BCUT2D eigenvalue weighted by Crippen LogP contribution is -3.15. The molecule has 1 unspecified atom stereocenters. The number of hydroxylamine groups is 2. The predicted molar refractivity (Wildman–Crippen MR) is 113 cm³/mol. The van der Waals surface area contributed by atoms with Gasteiger partial charge in [-0.05, 0) is 24.3 Å². The smallest absolute Gasteiger partial charge is 0.363 e. The van der Waals surface area contributed by atoms with Crippen molar-refractivity contribution in [2.45, 2.75) is 25.4 Å². The minimum atomic E-state index is -1.73. The number of nitrogen functional groups attached to an aromatic ring is 1. The first kappa shape index (κ1) is 23.2. The first-order chi connectivity index (χ1) is 15.7. The van der Waals surface area contributed by atoms with Crippen LogP contribution in [-0.4, -0.2) is 54.0 Å². The number of quaternary nitrogens is 1. The zero-order valence-corrected chi connectivity index (χ0v) is 16.9. The number of hydrogen-bond acceptors (Lipinski definition) is 10. The molecule has 2 atom stereocenters. The number of benzene rings is 1. The van der Waals surface area contributed by atoms with Crippen LogP contribution in [0.4, 0.5) is 11.6 Å². The van der Waals surface area contributed by atoms with Crippen LogP contribution in [0.1, 0.15) is 28.9 Å². The van der Waals surface area contributed by atoms with Crippen molar-refractivity contribution in [1.29, 1.82) is 0 Å². The third-order valence-corrected chi connectivity index (χ3v) is 4.59. The molecule has 2 heterocycles. The molecule has 3 rings (SSSR count). The molecule has 14 nitrogen and oxygen atoms in total. The van der Waals surface area contributed by atoms with E-state index in [0.717, 1.165) is 0 Å². The fraction of sp³-hybridized carbons (Fsp3) is 0.211. The molecular weight excluding hydrogens is 438 g/mol. The van der Waals surface area contributed by atoms with Gasteiger partial charge in [0.25, 0.3) is 5.56 Å². The minimum Gasteiger partial charge on any atom is -0.626 e. The average molecular weight is 457 g/mol. The number of hydrogen-bond donors (Lipinski definition) is 6. The number of rotatable bonds is 9. The molecule has 3 aromatic rings. The quantitative estimate of drug-likeness (QED) is 0.207. The highest BCUT2D eigenvalue weighted by molar-refractivity contribution is 5.89. The van der Waals surface area contributed by atoms with Gasteiger partial charge in [0.1, 0.15) is 0 Å². The van der Waals surface area contributed by atoms with Crippen LogP contribution in [0.3, 0.4) is 0 Å². The Kier molecular flexibility index (Phi) is 6.90. The molecule has 1 amide bonds. The summed E-state index contributed by atoms with van der Waals surface area (Å²) in [6, 6.07) is 3.93. The van der Waals surface area contributed by atoms with E-state index in [-0.39, 0.29) is 29.2 Å². The van der Waals surface area contributed by atoms with E-state index in [2.05, 4.69) is 25.3 Å². The Balaban J connectivity index is 1.66. The number of nitrogens with one attached hydrogen (secondary N) is 3. The molecule has 0 saturated carbocycles. The van der Waals surface area contributed by atoms with Crippen molar-refractivity contribution in [3.05, 3.63) is 57.3 Å². The van der Waals surface area contributed by atoms with Crippen LogP contribution in [0.25, 0.3) is 11.2 Å². The van der Waals surface area contributed by atoms with Crippen LogP contribution in [0, 0.1) is 5.21 Å². The number of carbonyl (C=O) groups excluding carboxylic acids is 1. The topological polar surface area (TPSA) is 229 Å². The van der Waals surface area contributed by atoms with Gasteiger partial charge in [0, 0.05) is 12.1 Å². The van der Waals surface area contributed by atoms with Crippen molar-refractivity contribution >= 4 is 40.6 Å². The Morgan fingerprint density at radius 2 is 1.88 bits per heavy atom. The maximum atomic E-state index is 12.4. The number of nitrogens with zero attached hydrogens (tertiary/aromatic N) is 3. The summed E-state index contributed by atoms with van der Waals surface area (Å²) in [5, 5.41) is 31.9. The molecule has 0 bridgehead atoms. The van der Waals surface area contributed by atoms with E-state index in [1.807, 2.05) is 0 Å². The van der Waals surface area contributed by atoms with Crippen LogP contribution in [0.15, 0.2) is 35.3 Å². The number of H-pyrrole nitrogens is 1. The van der Waals surface area contributed by atoms with E-state index in [1.165, 1.54) is 30.5 Å². The highest BCUT2D eigenvalue weighted by atomic mass is 16.5. The number of carboxylic acid groups (broad SMARTS) is 2. The molecule has 0 aliphatic rings. The van der Waals surface area contributed by atoms with E-state index >= 15 is 0 Å². The van der Waals surface area contributed by atoms with E-state index in [0.29, 0.717) is 11.4 Å². The van der Waals surface area contributed by atoms with Gasteiger partial charge in [0.15, 0.2) is 17.2 Å². The molecule has 1 aromatic carbocycles. The Labute approximate surface area is 184 Å². The van der Waals surface area contributed by atoms with Gasteiger partial charge in [-0.25, -0.2) is 19.6 Å². The van der Waals surface area contributed by atoms with E-state index in [1.54, 1.807) is 0 Å². The van der Waals surface area contributed by atoms with Gasteiger partial charge in [0.2, 0.25) is 5.95 Å². The van der Waals surface area contributed by atoms with Gasteiger partial charge < -0.3 is 26.5 Å². The van der Waals surface area contributed by atoms with Gasteiger partial charge in [0.05, 0.1) is 30.4 Å². The van der Waals surface area contributed by atoms with Crippen molar-refractivity contribution < 1.29 is 29.7 Å². The highest BCUT2D eigenvalue weighted by Gasteiger charge is 2.30. The average Bonchev–Trinajstić information content (AvgIpc) is 2.77. The molecule has 0 fully saturated rings. The fourth-order valence-corrected chi connectivity index (χ4v) is 2.92. The van der Waals surface area contributed by atoms with Crippen molar-refractivity contribution in [3.8, 4) is 0 Å². The summed E-state index contributed by atoms with van der Waals surface area (Å²) in [6.07, 6.45) is 0.388. The first-order valence-electron chi connectivity index (χ1n) is 9.54. The molecular formula is C19H19N7O7. The monoisotopic (exact) mass is 457 g/mol. The van der Waals surface area contributed by atoms with Crippen molar-refractivity contribution in [3.63, 3.8) is 0 Å². The number of anilines is 2. The third kappa shape index (κ3) is 5.63. The summed E-state index contributed by atoms with van der Waals surface area (Å²) < 4.78 is 0. The first-order valence-corrected chi connectivity index (χ1v) is 9.54. The molecule has 0 aliphatic carbocycles. The molecule has 7 N–H and O–H groups in total. The van der Waals surface area contributed by atoms with Crippen molar-refractivity contribution in [1.82, 2.24) is 19.9 Å². The summed E-state index contributed by atoms with van der Waals surface area (Å²) in [5.74, 6) is -3.91. The van der Waals surface area contributed by atoms with Crippen molar-refractivity contribution in [2.24, 2.45) is 0 Å². The third-order valence-electron chi connectivity index (χ3n) is 4.59. The number of carbonyl (C=O) groups is 3. The Bertz CT molecular complexity index is 1260. The number of aromatic amines is 1. The van der Waals surface area contributed by atoms with Crippen LogP contribution < -0.4 is 21.7 Å². The Hall–Kier alpha value is -4.43. The number of carboxylic acids is 2. The summed E-state index contributed by atoms with van der Waals surface area (Å²) in [5.41, 5.74) is 6.01. The number of aromatic nitrogens is 4. The molecule has 2 aromatic heterocycles. The molecule has 172 valence electrons. The standard InChI is InChI=1S/C19H19N7O7/c20-19-24-15-14(16(29)25-19)23-11(8-22-15)7-21-10-3-1-9(2-4-10)17(30)26(33)12(18(31)32)5-6-13(27)28/h1-4,8,12,21,26H,5-7H2,(H,27,28)(H,31,32)(H3,20,22,24,25,29)/t12-/m0/s1. The van der Waals surface area contributed by atoms with Gasteiger partial charge in [-0.1, -0.05) is 0 Å². The minimum absolute atomic E-state index is 0.0267. The second-order valence-electron chi connectivity index (χ2n) is 6.93. The lowest BCUT2D eigenvalue weighted by atomic mass is 10.1.